The Morgan fingerprint density at radius 2 is 1.84 bits per heavy atom. The maximum absolute atomic E-state index is 5.60. The lowest BCUT2D eigenvalue weighted by Gasteiger charge is -2.03. The lowest BCUT2D eigenvalue weighted by atomic mass is 10.0. The predicted molar refractivity (Wildman–Crippen MR) is 79.0 cm³/mol. The molecule has 96 valence electrons. The van der Waals surface area contributed by atoms with Gasteiger partial charge in [-0.15, -0.1) is 0 Å². The summed E-state index contributed by atoms with van der Waals surface area (Å²) in [5.74, 6) is 0. The monoisotopic (exact) mass is 251 g/mol. The van der Waals surface area contributed by atoms with E-state index < -0.39 is 0 Å². The predicted octanol–water partition coefficient (Wildman–Crippen LogP) is 4.21. The highest BCUT2D eigenvalue weighted by atomic mass is 16.3. The quantitative estimate of drug-likeness (QED) is 0.751. The van der Waals surface area contributed by atoms with Crippen LogP contribution in [-0.2, 0) is 6.54 Å². The Hall–Kier alpha value is -2.06. The number of fused-ring (bicyclic) bond motifs is 1. The number of rotatable bonds is 4. The summed E-state index contributed by atoms with van der Waals surface area (Å²) in [5.41, 5.74) is 4.63. The minimum atomic E-state index is 0.849. The van der Waals surface area contributed by atoms with Gasteiger partial charge >= 0.3 is 0 Å². The normalized spacial score (nSPS) is 11.0. The lowest BCUT2D eigenvalue weighted by Crippen LogP contribution is -2.11. The summed E-state index contributed by atoms with van der Waals surface area (Å²) >= 11 is 0. The summed E-state index contributed by atoms with van der Waals surface area (Å²) in [7, 11) is 0. The Balaban J connectivity index is 2.04. The van der Waals surface area contributed by atoms with Crippen molar-refractivity contribution in [2.75, 3.05) is 6.54 Å². The van der Waals surface area contributed by atoms with E-state index in [1.54, 1.807) is 0 Å². The molecule has 0 aliphatic heterocycles. The molecular weight excluding hydrogens is 234 g/mol. The van der Waals surface area contributed by atoms with Gasteiger partial charge in [0.15, 0.2) is 0 Å². The summed E-state index contributed by atoms with van der Waals surface area (Å²) in [6.45, 7) is 3.92. The molecule has 0 spiro atoms. The van der Waals surface area contributed by atoms with Crippen LogP contribution in [0.25, 0.3) is 22.1 Å². The third-order valence-electron chi connectivity index (χ3n) is 3.33. The molecule has 0 amide bonds. The van der Waals surface area contributed by atoms with E-state index >= 15 is 0 Å². The standard InChI is InChI=1S/C17H17NO/c1-2-18-11-15-12-19-17-9-8-14(10-16(15)17)13-6-4-3-5-7-13/h3-10,12,18H,2,11H2,1H3. The number of hydrogen-bond acceptors (Lipinski definition) is 2. The number of benzene rings is 2. The molecule has 19 heavy (non-hydrogen) atoms. The van der Waals surface area contributed by atoms with E-state index in [0.717, 1.165) is 18.7 Å². The fourth-order valence-electron chi connectivity index (χ4n) is 2.29. The Bertz CT molecular complexity index is 670. The molecule has 0 radical (unpaired) electrons. The maximum Gasteiger partial charge on any atom is 0.134 e. The third kappa shape index (κ3) is 2.40. The van der Waals surface area contributed by atoms with Crippen LogP contribution in [0.3, 0.4) is 0 Å². The Morgan fingerprint density at radius 1 is 1.00 bits per heavy atom. The van der Waals surface area contributed by atoms with Gasteiger partial charge in [0.1, 0.15) is 5.58 Å². The van der Waals surface area contributed by atoms with Gasteiger partial charge in [0.05, 0.1) is 6.26 Å². The van der Waals surface area contributed by atoms with E-state index in [1.165, 1.54) is 22.1 Å². The van der Waals surface area contributed by atoms with Gasteiger partial charge in [-0.2, -0.15) is 0 Å². The minimum absolute atomic E-state index is 0.849. The molecular formula is C17H17NO. The molecule has 0 atom stereocenters. The largest absolute Gasteiger partial charge is 0.464 e. The molecule has 0 bridgehead atoms. The zero-order chi connectivity index (χ0) is 13.1. The smallest absolute Gasteiger partial charge is 0.134 e. The third-order valence-corrected chi connectivity index (χ3v) is 3.33. The van der Waals surface area contributed by atoms with E-state index in [0.29, 0.717) is 0 Å². The van der Waals surface area contributed by atoms with Crippen molar-refractivity contribution in [3.63, 3.8) is 0 Å². The van der Waals surface area contributed by atoms with Crippen molar-refractivity contribution in [2.45, 2.75) is 13.5 Å². The summed E-state index contributed by atoms with van der Waals surface area (Å²) < 4.78 is 5.60. The van der Waals surface area contributed by atoms with Crippen LogP contribution < -0.4 is 5.32 Å². The maximum atomic E-state index is 5.60. The number of furan rings is 1. The van der Waals surface area contributed by atoms with Crippen LogP contribution in [0.5, 0.6) is 0 Å². The Morgan fingerprint density at radius 3 is 2.63 bits per heavy atom. The van der Waals surface area contributed by atoms with E-state index in [2.05, 4.69) is 48.6 Å². The Labute approximate surface area is 113 Å². The number of hydrogen-bond donors (Lipinski definition) is 1. The van der Waals surface area contributed by atoms with Gasteiger partial charge in [-0.3, -0.25) is 0 Å². The van der Waals surface area contributed by atoms with E-state index in [-0.39, 0.29) is 0 Å². The van der Waals surface area contributed by atoms with Gasteiger partial charge in [-0.25, -0.2) is 0 Å². The van der Waals surface area contributed by atoms with Crippen LogP contribution in [0.4, 0.5) is 0 Å². The van der Waals surface area contributed by atoms with Crippen LogP contribution in [-0.4, -0.2) is 6.54 Å². The second-order valence-corrected chi connectivity index (χ2v) is 4.62. The van der Waals surface area contributed by atoms with E-state index in [9.17, 15) is 0 Å². The van der Waals surface area contributed by atoms with Gasteiger partial charge in [-0.05, 0) is 29.8 Å². The summed E-state index contributed by atoms with van der Waals surface area (Å²) in [6.07, 6.45) is 1.85. The molecule has 3 rings (SSSR count). The summed E-state index contributed by atoms with van der Waals surface area (Å²) in [6, 6.07) is 16.8. The fraction of sp³-hybridized carbons (Fsp3) is 0.176. The first-order chi connectivity index (χ1) is 9.38. The van der Waals surface area contributed by atoms with E-state index in [4.69, 9.17) is 4.42 Å². The SMILES string of the molecule is CCNCc1coc2ccc(-c3ccccc3)cc12. The highest BCUT2D eigenvalue weighted by molar-refractivity contribution is 5.86. The highest BCUT2D eigenvalue weighted by Gasteiger charge is 2.07. The van der Waals surface area contributed by atoms with Crippen molar-refractivity contribution in [2.24, 2.45) is 0 Å². The zero-order valence-electron chi connectivity index (χ0n) is 11.0. The molecule has 0 saturated heterocycles. The van der Waals surface area contributed by atoms with Crippen LogP contribution in [0, 0.1) is 0 Å². The molecule has 3 aromatic rings. The fourth-order valence-corrected chi connectivity index (χ4v) is 2.29. The molecule has 0 unspecified atom stereocenters. The number of nitrogens with one attached hydrogen (secondary N) is 1. The van der Waals surface area contributed by atoms with Crippen molar-refractivity contribution >= 4 is 11.0 Å². The highest BCUT2D eigenvalue weighted by Crippen LogP contribution is 2.27. The minimum Gasteiger partial charge on any atom is -0.464 e. The van der Waals surface area contributed by atoms with Gasteiger partial charge in [-0.1, -0.05) is 43.3 Å². The van der Waals surface area contributed by atoms with Gasteiger partial charge in [0, 0.05) is 17.5 Å². The molecule has 1 aromatic heterocycles. The topological polar surface area (TPSA) is 25.2 Å². The molecule has 1 N–H and O–H groups in total. The average molecular weight is 251 g/mol. The average Bonchev–Trinajstić information content (AvgIpc) is 2.88. The van der Waals surface area contributed by atoms with Crippen molar-refractivity contribution < 1.29 is 4.42 Å². The molecule has 2 nitrogen and oxygen atoms in total. The first-order valence-corrected chi connectivity index (χ1v) is 6.64. The van der Waals surface area contributed by atoms with Crippen molar-refractivity contribution in [1.82, 2.24) is 5.32 Å². The second kappa shape index (κ2) is 5.29. The molecule has 0 fully saturated rings. The molecule has 2 heteroatoms. The molecule has 0 aliphatic carbocycles. The summed E-state index contributed by atoms with van der Waals surface area (Å²) in [4.78, 5) is 0. The Kier molecular flexibility index (Phi) is 3.34. The van der Waals surface area contributed by atoms with Crippen LogP contribution in [0.15, 0.2) is 59.2 Å². The van der Waals surface area contributed by atoms with Crippen molar-refractivity contribution in [1.29, 1.82) is 0 Å². The molecule has 2 aromatic carbocycles. The van der Waals surface area contributed by atoms with Crippen molar-refractivity contribution in [3.8, 4) is 11.1 Å². The molecule has 1 heterocycles. The van der Waals surface area contributed by atoms with Gasteiger partial charge < -0.3 is 9.73 Å². The van der Waals surface area contributed by atoms with Crippen molar-refractivity contribution in [3.05, 3.63) is 60.4 Å². The second-order valence-electron chi connectivity index (χ2n) is 4.62. The summed E-state index contributed by atoms with van der Waals surface area (Å²) in [5, 5.41) is 4.54. The van der Waals surface area contributed by atoms with Gasteiger partial charge in [0.25, 0.3) is 0 Å². The first-order valence-electron chi connectivity index (χ1n) is 6.64. The zero-order valence-corrected chi connectivity index (χ0v) is 11.0. The van der Waals surface area contributed by atoms with Crippen LogP contribution in [0.2, 0.25) is 0 Å². The van der Waals surface area contributed by atoms with Gasteiger partial charge in [0.2, 0.25) is 0 Å². The molecule has 0 aliphatic rings. The molecule has 0 saturated carbocycles. The van der Waals surface area contributed by atoms with Crippen LogP contribution in [0.1, 0.15) is 12.5 Å². The van der Waals surface area contributed by atoms with Crippen LogP contribution >= 0.6 is 0 Å². The van der Waals surface area contributed by atoms with E-state index in [1.807, 2.05) is 18.4 Å². The lowest BCUT2D eigenvalue weighted by molar-refractivity contribution is 0.604. The first kappa shape index (κ1) is 12.0.